The Morgan fingerprint density at radius 3 is 1.28 bits per heavy atom. The Morgan fingerprint density at radius 1 is 0.444 bits per heavy atom. The first-order valence-electron chi connectivity index (χ1n) is 11.2. The van der Waals surface area contributed by atoms with Crippen molar-refractivity contribution in [3.8, 4) is 0 Å². The second kappa shape index (κ2) is 6.96. The molecule has 8 aromatic rings. The van der Waals surface area contributed by atoms with Crippen molar-refractivity contribution in [2.45, 2.75) is 0 Å². The second-order valence-corrected chi connectivity index (χ2v) is 11.8. The molecule has 0 amide bonds. The van der Waals surface area contributed by atoms with Gasteiger partial charge in [0.2, 0.25) is 0 Å². The molecule has 8 rings (SSSR count). The summed E-state index contributed by atoms with van der Waals surface area (Å²) in [4.78, 5) is 27.4. The van der Waals surface area contributed by atoms with Crippen molar-refractivity contribution >= 4 is 130 Å². The maximum absolute atomic E-state index is 13.7. The van der Waals surface area contributed by atoms with Gasteiger partial charge in [-0.2, -0.15) is 0 Å². The monoisotopic (exact) mass is 630 g/mol. The molecule has 8 aromatic carbocycles. The topological polar surface area (TPSA) is 34.1 Å². The third-order valence-corrected chi connectivity index (χ3v) is 9.49. The lowest BCUT2D eigenvalue weighted by atomic mass is 9.84. The summed E-state index contributed by atoms with van der Waals surface area (Å²) >= 11 is 21.2. The van der Waals surface area contributed by atoms with Gasteiger partial charge in [-0.25, -0.2) is 0 Å². The maximum atomic E-state index is 13.7. The summed E-state index contributed by atoms with van der Waals surface area (Å²) in [5, 5.41) is 12.0. The van der Waals surface area contributed by atoms with Crippen molar-refractivity contribution in [2.24, 2.45) is 0 Å². The van der Waals surface area contributed by atoms with Crippen molar-refractivity contribution in [1.82, 2.24) is 0 Å². The van der Waals surface area contributed by atoms with E-state index in [4.69, 9.17) is 23.2 Å². The summed E-state index contributed by atoms with van der Waals surface area (Å²) in [5.41, 5.74) is -0.136. The molecule has 0 aliphatic carbocycles. The standard InChI is InChI=1S/C30H10Br2Cl2O2/c31-19-5-1-3-11-23(19)15-7-13-22(34)10-18-26-16(24-12(30(18)36)4-2-6-20(24)32)8-14-21(33)9-17(29(11)35)25(15)27(14)28(13)26/h1-10H. The van der Waals surface area contributed by atoms with Crippen LogP contribution >= 0.6 is 55.1 Å². The number of benzene rings is 8. The van der Waals surface area contributed by atoms with E-state index in [1.807, 2.05) is 36.4 Å². The molecular formula is C30H10Br2Cl2O2. The van der Waals surface area contributed by atoms with E-state index in [1.165, 1.54) is 0 Å². The number of hydrogen-bond acceptors (Lipinski definition) is 2. The van der Waals surface area contributed by atoms with E-state index in [1.54, 1.807) is 12.1 Å². The molecule has 0 aliphatic heterocycles. The lowest BCUT2D eigenvalue weighted by Crippen LogP contribution is -2.07. The van der Waals surface area contributed by atoms with Crippen LogP contribution in [0, 0.1) is 0 Å². The van der Waals surface area contributed by atoms with Crippen LogP contribution in [0.4, 0.5) is 0 Å². The highest BCUT2D eigenvalue weighted by molar-refractivity contribution is 9.11. The Hall–Kier alpha value is -2.76. The van der Waals surface area contributed by atoms with Crippen LogP contribution in [0.3, 0.4) is 0 Å². The normalized spacial score (nSPS) is 12.7. The number of fused-ring (bicyclic) bond motifs is 4. The van der Waals surface area contributed by atoms with E-state index in [0.717, 1.165) is 62.8 Å². The summed E-state index contributed by atoms with van der Waals surface area (Å²) in [5.74, 6) is 0. The Bertz CT molecular complexity index is 2230. The third kappa shape index (κ3) is 2.39. The van der Waals surface area contributed by atoms with Crippen molar-refractivity contribution in [3.05, 3.63) is 100 Å². The zero-order valence-electron chi connectivity index (χ0n) is 18.1. The first-order valence-corrected chi connectivity index (χ1v) is 13.6. The molecule has 36 heavy (non-hydrogen) atoms. The van der Waals surface area contributed by atoms with Gasteiger partial charge in [-0.3, -0.25) is 9.59 Å². The van der Waals surface area contributed by atoms with E-state index in [0.29, 0.717) is 31.6 Å². The number of hydrogen-bond donors (Lipinski definition) is 0. The molecule has 170 valence electrons. The average molecular weight is 633 g/mol. The quantitative estimate of drug-likeness (QED) is 0.123. The van der Waals surface area contributed by atoms with Crippen LogP contribution in [-0.4, -0.2) is 0 Å². The highest BCUT2D eigenvalue weighted by Crippen LogP contribution is 2.49. The van der Waals surface area contributed by atoms with Crippen molar-refractivity contribution in [1.29, 1.82) is 0 Å². The number of halogens is 4. The van der Waals surface area contributed by atoms with Gasteiger partial charge in [-0.05, 0) is 47.2 Å². The van der Waals surface area contributed by atoms with Gasteiger partial charge in [-0.1, -0.05) is 79.3 Å². The summed E-state index contributed by atoms with van der Waals surface area (Å²) < 4.78 is 1.68. The van der Waals surface area contributed by atoms with Gasteiger partial charge in [0.15, 0.2) is 10.9 Å². The Labute approximate surface area is 229 Å². The molecule has 0 aliphatic rings. The molecule has 2 nitrogen and oxygen atoms in total. The molecule has 0 saturated carbocycles. The molecule has 0 spiro atoms. The van der Waals surface area contributed by atoms with Crippen molar-refractivity contribution < 1.29 is 0 Å². The smallest absolute Gasteiger partial charge is 0.194 e. The van der Waals surface area contributed by atoms with Crippen LogP contribution in [0.1, 0.15) is 0 Å². The number of rotatable bonds is 0. The predicted molar refractivity (Wildman–Crippen MR) is 161 cm³/mol. The van der Waals surface area contributed by atoms with Crippen LogP contribution < -0.4 is 10.9 Å². The SMILES string of the molecule is O=c1c2cccc(Br)c2c2cc3c(Cl)cc4c(=O)c5cccc(Br)c5c5cc6c(Cl)cc1c2c6c3c45. The maximum Gasteiger partial charge on any atom is 0.194 e. The minimum absolute atomic E-state index is 0.0681. The molecule has 0 radical (unpaired) electrons. The zero-order valence-corrected chi connectivity index (χ0v) is 22.8. The molecule has 0 aromatic heterocycles. The molecule has 6 heteroatoms. The molecule has 0 saturated heterocycles. The predicted octanol–water partition coefficient (Wildman–Crippen LogP) is 9.62. The molecule has 0 unspecified atom stereocenters. The Kier molecular flexibility index (Phi) is 4.12. The fourth-order valence-corrected chi connectivity index (χ4v) is 7.82. The minimum atomic E-state index is -0.0681. The molecule has 0 heterocycles. The zero-order chi connectivity index (χ0) is 24.6. The van der Waals surface area contributed by atoms with E-state index in [2.05, 4.69) is 44.0 Å². The van der Waals surface area contributed by atoms with Crippen LogP contribution in [0.5, 0.6) is 0 Å². The van der Waals surface area contributed by atoms with Gasteiger partial charge in [0.1, 0.15) is 0 Å². The van der Waals surface area contributed by atoms with Crippen LogP contribution in [0.25, 0.3) is 75.4 Å². The molecule has 0 atom stereocenters. The van der Waals surface area contributed by atoms with E-state index in [9.17, 15) is 9.59 Å². The summed E-state index contributed by atoms with van der Waals surface area (Å²) in [6.45, 7) is 0. The van der Waals surface area contributed by atoms with Crippen molar-refractivity contribution in [3.63, 3.8) is 0 Å². The van der Waals surface area contributed by atoms with Crippen LogP contribution in [-0.2, 0) is 0 Å². The summed E-state index contributed by atoms with van der Waals surface area (Å²) in [6, 6.07) is 19.0. The largest absolute Gasteiger partial charge is 0.289 e. The second-order valence-electron chi connectivity index (χ2n) is 9.24. The van der Waals surface area contributed by atoms with Crippen molar-refractivity contribution in [2.75, 3.05) is 0 Å². The summed E-state index contributed by atoms with van der Waals surface area (Å²) in [6.07, 6.45) is 0. The van der Waals surface area contributed by atoms with Crippen LogP contribution in [0.15, 0.2) is 79.2 Å². The van der Waals surface area contributed by atoms with Gasteiger partial charge in [-0.15, -0.1) is 0 Å². The molecular weight excluding hydrogens is 623 g/mol. The van der Waals surface area contributed by atoms with E-state index >= 15 is 0 Å². The van der Waals surface area contributed by atoms with Gasteiger partial charge in [0.25, 0.3) is 0 Å². The molecule has 0 N–H and O–H groups in total. The highest BCUT2D eigenvalue weighted by atomic mass is 79.9. The molecule has 0 fully saturated rings. The third-order valence-electron chi connectivity index (χ3n) is 7.54. The Balaban J connectivity index is 1.85. The minimum Gasteiger partial charge on any atom is -0.289 e. The van der Waals surface area contributed by atoms with E-state index < -0.39 is 0 Å². The lowest BCUT2D eigenvalue weighted by Gasteiger charge is -2.20. The first kappa shape index (κ1) is 21.3. The molecule has 0 bridgehead atoms. The fourth-order valence-electron chi connectivity index (χ4n) is 6.14. The summed E-state index contributed by atoms with van der Waals surface area (Å²) in [7, 11) is 0. The fraction of sp³-hybridized carbons (Fsp3) is 0. The van der Waals surface area contributed by atoms with E-state index in [-0.39, 0.29) is 10.9 Å². The van der Waals surface area contributed by atoms with Gasteiger partial charge >= 0.3 is 0 Å². The average Bonchev–Trinajstić information content (AvgIpc) is 2.86. The van der Waals surface area contributed by atoms with Gasteiger partial charge < -0.3 is 0 Å². The first-order chi connectivity index (χ1) is 17.4. The van der Waals surface area contributed by atoms with Crippen LogP contribution in [0.2, 0.25) is 10.0 Å². The Morgan fingerprint density at radius 2 is 0.861 bits per heavy atom. The van der Waals surface area contributed by atoms with Gasteiger partial charge in [0, 0.05) is 83.6 Å². The lowest BCUT2D eigenvalue weighted by molar-refractivity contribution is 1.70. The van der Waals surface area contributed by atoms with Gasteiger partial charge in [0.05, 0.1) is 0 Å². The highest BCUT2D eigenvalue weighted by Gasteiger charge is 2.25.